The second-order valence-electron chi connectivity index (χ2n) is 4.09. The number of hydrogen-bond acceptors (Lipinski definition) is 2. The average Bonchev–Trinajstić information content (AvgIpc) is 2.26. The minimum absolute atomic E-state index is 0.317. The first kappa shape index (κ1) is 18.1. The van der Waals surface area contributed by atoms with E-state index in [0.29, 0.717) is 4.90 Å². The number of rotatable bonds is 6. The molecule has 0 heterocycles. The summed E-state index contributed by atoms with van der Waals surface area (Å²) in [5.41, 5.74) is 0. The standard InChI is InChI=1S/C10H13ClF5NO2/c1-6(2)17(4-3-7(18)5-11)8(19)9(12,13)10(14,15)16/h6H,3-5H2,1-2H3. The molecule has 0 atom stereocenters. The quantitative estimate of drug-likeness (QED) is 0.559. The number of hydrogen-bond donors (Lipinski definition) is 0. The van der Waals surface area contributed by atoms with Crippen LogP contribution in [-0.4, -0.2) is 47.2 Å². The molecule has 0 bridgehead atoms. The van der Waals surface area contributed by atoms with Gasteiger partial charge in [-0.25, -0.2) is 0 Å². The molecule has 9 heteroatoms. The molecule has 3 nitrogen and oxygen atoms in total. The van der Waals surface area contributed by atoms with Gasteiger partial charge in [0.15, 0.2) is 0 Å². The van der Waals surface area contributed by atoms with Crippen molar-refractivity contribution >= 4 is 23.3 Å². The highest BCUT2D eigenvalue weighted by molar-refractivity contribution is 6.27. The molecule has 0 aliphatic carbocycles. The number of carbonyl (C=O) groups excluding carboxylic acids is 2. The average molecular weight is 310 g/mol. The lowest BCUT2D eigenvalue weighted by molar-refractivity contribution is -0.275. The Kier molecular flexibility index (Phi) is 6.18. The summed E-state index contributed by atoms with van der Waals surface area (Å²) >= 11 is 5.18. The Hall–Kier alpha value is -0.920. The fourth-order valence-electron chi connectivity index (χ4n) is 1.21. The molecule has 0 rings (SSSR count). The highest BCUT2D eigenvalue weighted by Gasteiger charge is 2.64. The second kappa shape index (κ2) is 6.49. The molecular weight excluding hydrogens is 297 g/mol. The van der Waals surface area contributed by atoms with Crippen LogP contribution < -0.4 is 0 Å². The van der Waals surface area contributed by atoms with Crippen molar-refractivity contribution in [3.05, 3.63) is 0 Å². The highest BCUT2D eigenvalue weighted by atomic mass is 35.5. The fraction of sp³-hybridized carbons (Fsp3) is 0.800. The van der Waals surface area contributed by atoms with E-state index in [-0.39, 0.29) is 6.42 Å². The van der Waals surface area contributed by atoms with Crippen molar-refractivity contribution in [1.82, 2.24) is 4.90 Å². The number of halogens is 6. The molecule has 0 fully saturated rings. The Balaban J connectivity index is 5.00. The SMILES string of the molecule is CC(C)N(CCC(=O)CCl)C(=O)C(F)(F)C(F)(F)F. The summed E-state index contributed by atoms with van der Waals surface area (Å²) in [7, 11) is 0. The summed E-state index contributed by atoms with van der Waals surface area (Å²) in [6, 6.07) is -0.899. The van der Waals surface area contributed by atoms with Gasteiger partial charge in [0.05, 0.1) is 5.88 Å². The van der Waals surface area contributed by atoms with E-state index in [4.69, 9.17) is 11.6 Å². The summed E-state index contributed by atoms with van der Waals surface area (Å²) in [5.74, 6) is -8.77. The Labute approximate surface area is 111 Å². The Bertz CT molecular complexity index is 343. The summed E-state index contributed by atoms with van der Waals surface area (Å²) in [5, 5.41) is 0. The van der Waals surface area contributed by atoms with Crippen molar-refractivity contribution in [2.24, 2.45) is 0 Å². The number of amides is 1. The Morgan fingerprint density at radius 1 is 1.16 bits per heavy atom. The molecule has 0 aromatic heterocycles. The van der Waals surface area contributed by atoms with Gasteiger partial charge in [0.25, 0.3) is 0 Å². The predicted octanol–water partition coefficient (Wildman–Crippen LogP) is 2.62. The lowest BCUT2D eigenvalue weighted by atomic mass is 10.2. The molecule has 0 aliphatic rings. The van der Waals surface area contributed by atoms with Gasteiger partial charge in [0, 0.05) is 19.0 Å². The van der Waals surface area contributed by atoms with Crippen LogP contribution in [0.3, 0.4) is 0 Å². The number of Topliss-reactive ketones (excluding diaryl/α,β-unsaturated/α-hetero) is 1. The van der Waals surface area contributed by atoms with Gasteiger partial charge in [-0.1, -0.05) is 0 Å². The van der Waals surface area contributed by atoms with E-state index >= 15 is 0 Å². The van der Waals surface area contributed by atoms with E-state index in [9.17, 15) is 31.5 Å². The van der Waals surface area contributed by atoms with Crippen molar-refractivity contribution in [3.8, 4) is 0 Å². The van der Waals surface area contributed by atoms with Crippen LogP contribution in [0.15, 0.2) is 0 Å². The minimum atomic E-state index is -5.96. The van der Waals surface area contributed by atoms with Gasteiger partial charge >= 0.3 is 18.0 Å². The zero-order valence-electron chi connectivity index (χ0n) is 10.2. The third-order valence-corrected chi connectivity index (χ3v) is 2.59. The molecule has 0 saturated carbocycles. The van der Waals surface area contributed by atoms with E-state index < -0.39 is 42.3 Å². The molecular formula is C10H13ClF5NO2. The summed E-state index contributed by atoms with van der Waals surface area (Å²) in [6.07, 6.45) is -6.34. The maximum Gasteiger partial charge on any atom is 0.463 e. The number of carbonyl (C=O) groups is 2. The summed E-state index contributed by atoms with van der Waals surface area (Å²) in [4.78, 5) is 22.5. The fourth-order valence-corrected chi connectivity index (χ4v) is 1.34. The van der Waals surface area contributed by atoms with Crippen molar-refractivity contribution < 1.29 is 31.5 Å². The number of ketones is 1. The van der Waals surface area contributed by atoms with Crippen molar-refractivity contribution in [2.45, 2.75) is 38.4 Å². The lowest BCUT2D eigenvalue weighted by Gasteiger charge is -2.30. The Morgan fingerprint density at radius 2 is 1.63 bits per heavy atom. The number of nitrogens with zero attached hydrogens (tertiary/aromatic N) is 1. The molecule has 0 aromatic rings. The number of alkyl halides is 6. The van der Waals surface area contributed by atoms with Crippen LogP contribution in [-0.2, 0) is 9.59 Å². The molecule has 19 heavy (non-hydrogen) atoms. The van der Waals surface area contributed by atoms with E-state index in [0.717, 1.165) is 0 Å². The van der Waals surface area contributed by atoms with Crippen molar-refractivity contribution in [3.63, 3.8) is 0 Å². The largest absolute Gasteiger partial charge is 0.463 e. The maximum atomic E-state index is 12.9. The molecule has 1 amide bonds. The van der Waals surface area contributed by atoms with Gasteiger partial charge in [-0.3, -0.25) is 9.59 Å². The van der Waals surface area contributed by atoms with Gasteiger partial charge in [0.1, 0.15) is 5.78 Å². The van der Waals surface area contributed by atoms with Gasteiger partial charge in [-0.15, -0.1) is 11.6 Å². The second-order valence-corrected chi connectivity index (χ2v) is 4.35. The molecule has 0 saturated heterocycles. The molecule has 0 aromatic carbocycles. The van der Waals surface area contributed by atoms with Crippen molar-refractivity contribution in [2.75, 3.05) is 12.4 Å². The predicted molar refractivity (Wildman–Crippen MR) is 58.2 cm³/mol. The van der Waals surface area contributed by atoms with Crippen molar-refractivity contribution in [1.29, 1.82) is 0 Å². The van der Waals surface area contributed by atoms with Crippen LogP contribution in [0.2, 0.25) is 0 Å². The van der Waals surface area contributed by atoms with Gasteiger partial charge in [-0.2, -0.15) is 22.0 Å². The first-order valence-electron chi connectivity index (χ1n) is 5.28. The summed E-state index contributed by atoms with van der Waals surface area (Å²) < 4.78 is 62.1. The molecule has 0 aliphatic heterocycles. The lowest BCUT2D eigenvalue weighted by Crippen LogP contribution is -2.54. The van der Waals surface area contributed by atoms with Crippen LogP contribution in [0.4, 0.5) is 22.0 Å². The highest BCUT2D eigenvalue weighted by Crippen LogP contribution is 2.37. The van der Waals surface area contributed by atoms with Crippen LogP contribution in [0.25, 0.3) is 0 Å². The maximum absolute atomic E-state index is 12.9. The van der Waals surface area contributed by atoms with Crippen LogP contribution >= 0.6 is 11.6 Å². The zero-order chi connectivity index (χ0) is 15.4. The van der Waals surface area contributed by atoms with Crippen LogP contribution in [0.1, 0.15) is 20.3 Å². The normalized spacial score (nSPS) is 12.7. The topological polar surface area (TPSA) is 37.4 Å². The van der Waals surface area contributed by atoms with Gasteiger partial charge in [0.2, 0.25) is 0 Å². The third-order valence-electron chi connectivity index (χ3n) is 2.29. The van der Waals surface area contributed by atoms with E-state index in [2.05, 4.69) is 0 Å². The smallest absolute Gasteiger partial charge is 0.334 e. The monoisotopic (exact) mass is 309 g/mol. The molecule has 112 valence electrons. The first-order chi connectivity index (χ1) is 8.45. The zero-order valence-corrected chi connectivity index (χ0v) is 11.0. The third kappa shape index (κ3) is 4.59. The van der Waals surface area contributed by atoms with E-state index in [1.807, 2.05) is 0 Å². The molecule has 0 N–H and O–H groups in total. The van der Waals surface area contributed by atoms with Gasteiger partial charge < -0.3 is 4.90 Å². The first-order valence-corrected chi connectivity index (χ1v) is 5.81. The van der Waals surface area contributed by atoms with Crippen LogP contribution in [0.5, 0.6) is 0 Å². The van der Waals surface area contributed by atoms with E-state index in [1.165, 1.54) is 13.8 Å². The van der Waals surface area contributed by atoms with E-state index in [1.54, 1.807) is 0 Å². The van der Waals surface area contributed by atoms with Gasteiger partial charge in [-0.05, 0) is 13.8 Å². The Morgan fingerprint density at radius 3 is 1.95 bits per heavy atom. The minimum Gasteiger partial charge on any atom is -0.334 e. The summed E-state index contributed by atoms with van der Waals surface area (Å²) in [6.45, 7) is 2.01. The molecule has 0 unspecified atom stereocenters. The molecule has 0 spiro atoms. The molecule has 0 radical (unpaired) electrons. The van der Waals surface area contributed by atoms with Crippen LogP contribution in [0, 0.1) is 0 Å².